The molecule has 0 aromatic heterocycles. The molecule has 0 heterocycles. The van der Waals surface area contributed by atoms with E-state index in [4.69, 9.17) is 0 Å². The van der Waals surface area contributed by atoms with Crippen LogP contribution >= 0.6 is 0 Å². The molecule has 0 saturated heterocycles. The van der Waals surface area contributed by atoms with Crippen molar-refractivity contribution in [1.29, 1.82) is 0 Å². The van der Waals surface area contributed by atoms with Crippen molar-refractivity contribution in [2.45, 2.75) is 51.4 Å². The van der Waals surface area contributed by atoms with E-state index >= 15 is 0 Å². The van der Waals surface area contributed by atoms with Gasteiger partial charge in [0.15, 0.2) is 0 Å². The maximum Gasteiger partial charge on any atom is 0.123 e. The average molecular weight is 308 g/mol. The van der Waals surface area contributed by atoms with E-state index in [-0.39, 0.29) is 5.82 Å². The van der Waals surface area contributed by atoms with Gasteiger partial charge in [0.2, 0.25) is 0 Å². The quantitative estimate of drug-likeness (QED) is 0.590. The van der Waals surface area contributed by atoms with Crippen molar-refractivity contribution < 1.29 is 4.39 Å². The van der Waals surface area contributed by atoms with E-state index in [2.05, 4.69) is 37.3 Å². The lowest BCUT2D eigenvalue weighted by molar-refractivity contribution is 0.622. The first kappa shape index (κ1) is 16.0. The molecule has 2 aromatic carbocycles. The van der Waals surface area contributed by atoms with Crippen LogP contribution < -0.4 is 0 Å². The first-order chi connectivity index (χ1) is 11.3. The summed E-state index contributed by atoms with van der Waals surface area (Å²) in [6.45, 7) is 2.24. The first-order valence-electron chi connectivity index (χ1n) is 8.80. The Morgan fingerprint density at radius 1 is 1.00 bits per heavy atom. The highest BCUT2D eigenvalue weighted by molar-refractivity contribution is 5.66. The van der Waals surface area contributed by atoms with Crippen molar-refractivity contribution in [3.05, 3.63) is 77.1 Å². The average Bonchev–Trinajstić information content (AvgIpc) is 2.61. The Morgan fingerprint density at radius 3 is 2.35 bits per heavy atom. The maximum atomic E-state index is 13.0. The van der Waals surface area contributed by atoms with Gasteiger partial charge in [0.25, 0.3) is 0 Å². The van der Waals surface area contributed by atoms with Crippen LogP contribution in [0.3, 0.4) is 0 Å². The van der Waals surface area contributed by atoms with Crippen molar-refractivity contribution in [1.82, 2.24) is 0 Å². The summed E-state index contributed by atoms with van der Waals surface area (Å²) in [6, 6.07) is 16.1. The number of hydrogen-bond donors (Lipinski definition) is 0. The minimum Gasteiger partial charge on any atom is -0.207 e. The van der Waals surface area contributed by atoms with Gasteiger partial charge >= 0.3 is 0 Å². The highest BCUT2D eigenvalue weighted by atomic mass is 19.1. The second-order valence-corrected chi connectivity index (χ2v) is 6.55. The third kappa shape index (κ3) is 4.10. The monoisotopic (exact) mass is 308 g/mol. The molecular formula is C22H25F. The van der Waals surface area contributed by atoms with Crippen molar-refractivity contribution in [3.8, 4) is 0 Å². The number of rotatable bonds is 5. The fourth-order valence-electron chi connectivity index (χ4n) is 3.40. The molecule has 1 aliphatic carbocycles. The molecule has 1 unspecified atom stereocenters. The van der Waals surface area contributed by atoms with E-state index in [1.807, 2.05) is 12.1 Å². The van der Waals surface area contributed by atoms with Gasteiger partial charge in [-0.05, 0) is 72.4 Å². The minimum atomic E-state index is -0.161. The summed E-state index contributed by atoms with van der Waals surface area (Å²) in [7, 11) is 0. The lowest BCUT2D eigenvalue weighted by Gasteiger charge is -2.23. The SMILES string of the molecule is CCCCc1ccc(C2CC=C(c3ccc(F)cc3)CC2)cc1. The van der Waals surface area contributed by atoms with E-state index < -0.39 is 0 Å². The molecule has 0 amide bonds. The van der Waals surface area contributed by atoms with Crippen molar-refractivity contribution >= 4 is 5.57 Å². The predicted octanol–water partition coefficient (Wildman–Crippen LogP) is 6.52. The molecule has 1 atom stereocenters. The summed E-state index contributed by atoms with van der Waals surface area (Å²) in [5.41, 5.74) is 5.44. The number of hydrogen-bond acceptors (Lipinski definition) is 0. The maximum absolute atomic E-state index is 13.0. The minimum absolute atomic E-state index is 0.161. The Balaban J connectivity index is 1.64. The van der Waals surface area contributed by atoms with E-state index in [0.717, 1.165) is 12.8 Å². The third-order valence-corrected chi connectivity index (χ3v) is 4.90. The number of aryl methyl sites for hydroxylation is 1. The Labute approximate surface area is 139 Å². The Hall–Kier alpha value is -1.89. The summed E-state index contributed by atoms with van der Waals surface area (Å²) in [6.07, 6.45) is 9.39. The largest absolute Gasteiger partial charge is 0.207 e. The predicted molar refractivity (Wildman–Crippen MR) is 96.0 cm³/mol. The summed E-state index contributed by atoms with van der Waals surface area (Å²) in [5.74, 6) is 0.464. The highest BCUT2D eigenvalue weighted by Crippen LogP contribution is 2.36. The van der Waals surface area contributed by atoms with Crippen LogP contribution in [0.4, 0.5) is 4.39 Å². The van der Waals surface area contributed by atoms with Gasteiger partial charge < -0.3 is 0 Å². The molecule has 0 fully saturated rings. The number of unbranched alkanes of at least 4 members (excludes halogenated alkanes) is 1. The molecule has 0 radical (unpaired) electrons. The van der Waals surface area contributed by atoms with Gasteiger partial charge in [-0.1, -0.05) is 55.8 Å². The first-order valence-corrected chi connectivity index (χ1v) is 8.80. The molecule has 1 aliphatic rings. The zero-order chi connectivity index (χ0) is 16.1. The number of allylic oxidation sites excluding steroid dienone is 2. The van der Waals surface area contributed by atoms with E-state index in [9.17, 15) is 4.39 Å². The summed E-state index contributed by atoms with van der Waals surface area (Å²) >= 11 is 0. The molecule has 0 saturated carbocycles. The van der Waals surface area contributed by atoms with Crippen LogP contribution in [0.1, 0.15) is 61.6 Å². The van der Waals surface area contributed by atoms with Gasteiger partial charge in [-0.3, -0.25) is 0 Å². The van der Waals surface area contributed by atoms with Crippen LogP contribution in [0.2, 0.25) is 0 Å². The Morgan fingerprint density at radius 2 is 1.74 bits per heavy atom. The molecule has 0 spiro atoms. The van der Waals surface area contributed by atoms with Gasteiger partial charge in [0, 0.05) is 0 Å². The van der Waals surface area contributed by atoms with Crippen molar-refractivity contribution in [2.24, 2.45) is 0 Å². The number of benzene rings is 2. The molecule has 0 N–H and O–H groups in total. The molecule has 0 nitrogen and oxygen atoms in total. The molecule has 23 heavy (non-hydrogen) atoms. The van der Waals surface area contributed by atoms with E-state index in [1.54, 1.807) is 12.1 Å². The van der Waals surface area contributed by atoms with E-state index in [1.165, 1.54) is 47.9 Å². The third-order valence-electron chi connectivity index (χ3n) is 4.90. The van der Waals surface area contributed by atoms with Crippen LogP contribution in [-0.2, 0) is 6.42 Å². The van der Waals surface area contributed by atoms with Gasteiger partial charge in [0.05, 0.1) is 0 Å². The lowest BCUT2D eigenvalue weighted by atomic mass is 9.82. The molecule has 120 valence electrons. The van der Waals surface area contributed by atoms with Gasteiger partial charge in [-0.15, -0.1) is 0 Å². The standard InChI is InChI=1S/C22H25F/c1-2-3-4-17-5-7-18(8-6-17)19-9-11-20(12-10-19)21-13-15-22(23)16-14-21/h5-8,11,13-16,19H,2-4,9-10,12H2,1H3. The second kappa shape index (κ2) is 7.59. The van der Waals surface area contributed by atoms with Crippen LogP contribution in [0.5, 0.6) is 0 Å². The van der Waals surface area contributed by atoms with Crippen LogP contribution in [0.25, 0.3) is 5.57 Å². The molecule has 3 rings (SSSR count). The second-order valence-electron chi connectivity index (χ2n) is 6.55. The molecule has 0 bridgehead atoms. The van der Waals surface area contributed by atoms with Gasteiger partial charge in [-0.2, -0.15) is 0 Å². The zero-order valence-corrected chi connectivity index (χ0v) is 13.9. The smallest absolute Gasteiger partial charge is 0.123 e. The topological polar surface area (TPSA) is 0 Å². The fraction of sp³-hybridized carbons (Fsp3) is 0.364. The molecule has 1 heteroatoms. The Bertz CT molecular complexity index is 649. The van der Waals surface area contributed by atoms with Gasteiger partial charge in [0.1, 0.15) is 5.82 Å². The highest BCUT2D eigenvalue weighted by Gasteiger charge is 2.17. The normalized spacial score (nSPS) is 17.8. The van der Waals surface area contributed by atoms with Crippen LogP contribution in [-0.4, -0.2) is 0 Å². The Kier molecular flexibility index (Phi) is 5.27. The zero-order valence-electron chi connectivity index (χ0n) is 13.9. The van der Waals surface area contributed by atoms with Gasteiger partial charge in [-0.25, -0.2) is 4.39 Å². The lowest BCUT2D eigenvalue weighted by Crippen LogP contribution is -2.04. The number of halogens is 1. The summed E-state index contributed by atoms with van der Waals surface area (Å²) in [4.78, 5) is 0. The summed E-state index contributed by atoms with van der Waals surface area (Å²) in [5, 5.41) is 0. The molecular weight excluding hydrogens is 283 g/mol. The van der Waals surface area contributed by atoms with Crippen LogP contribution in [0, 0.1) is 5.82 Å². The molecule has 0 aliphatic heterocycles. The van der Waals surface area contributed by atoms with Crippen LogP contribution in [0.15, 0.2) is 54.6 Å². The summed E-state index contributed by atoms with van der Waals surface area (Å²) < 4.78 is 13.0. The van der Waals surface area contributed by atoms with E-state index in [0.29, 0.717) is 5.92 Å². The van der Waals surface area contributed by atoms with Crippen molar-refractivity contribution in [2.75, 3.05) is 0 Å². The fourth-order valence-corrected chi connectivity index (χ4v) is 3.40. The van der Waals surface area contributed by atoms with Crippen molar-refractivity contribution in [3.63, 3.8) is 0 Å². The molecule has 2 aromatic rings.